The fourth-order valence-electron chi connectivity index (χ4n) is 5.09. The molecule has 8 nitrogen and oxygen atoms in total. The monoisotopic (exact) mass is 463 g/mol. The molecule has 1 aromatic carbocycles. The summed E-state index contributed by atoms with van der Waals surface area (Å²) in [6, 6.07) is 3.83. The Morgan fingerprint density at radius 3 is 2.85 bits per heavy atom. The van der Waals surface area contributed by atoms with Crippen molar-refractivity contribution in [2.24, 2.45) is 0 Å². The zero-order chi connectivity index (χ0) is 22.7. The molecule has 0 atom stereocenters. The lowest BCUT2D eigenvalue weighted by Crippen LogP contribution is -2.36. The van der Waals surface area contributed by atoms with Gasteiger partial charge < -0.3 is 14.6 Å². The molecule has 0 bridgehead atoms. The summed E-state index contributed by atoms with van der Waals surface area (Å²) in [7, 11) is 0. The van der Waals surface area contributed by atoms with Gasteiger partial charge in [-0.3, -0.25) is 14.0 Å². The molecule has 4 aromatic rings. The van der Waals surface area contributed by atoms with E-state index in [4.69, 9.17) is 4.74 Å². The van der Waals surface area contributed by atoms with Gasteiger partial charge in [0.25, 0.3) is 11.5 Å². The van der Waals surface area contributed by atoms with Crippen LogP contribution >= 0.6 is 11.3 Å². The molecule has 0 aliphatic carbocycles. The number of thiazole rings is 1. The highest BCUT2D eigenvalue weighted by Gasteiger charge is 2.27. The summed E-state index contributed by atoms with van der Waals surface area (Å²) in [6.07, 6.45) is 4.20. The number of imidazole rings is 1. The molecule has 0 unspecified atom stereocenters. The third kappa shape index (κ3) is 3.38. The third-order valence-corrected chi connectivity index (χ3v) is 7.79. The highest BCUT2D eigenvalue weighted by Crippen LogP contribution is 2.30. The lowest BCUT2D eigenvalue weighted by Gasteiger charge is -2.27. The Bertz CT molecular complexity index is 1460. The summed E-state index contributed by atoms with van der Waals surface area (Å²) < 4.78 is 7.48. The lowest BCUT2D eigenvalue weighted by atomic mass is 9.99. The van der Waals surface area contributed by atoms with Gasteiger partial charge >= 0.3 is 0 Å². The van der Waals surface area contributed by atoms with Crippen LogP contribution in [0.5, 0.6) is 0 Å². The maximum Gasteiger partial charge on any atom is 0.274 e. The second kappa shape index (κ2) is 7.78. The van der Waals surface area contributed by atoms with Crippen molar-refractivity contribution >= 4 is 33.8 Å². The number of H-pyrrole nitrogens is 1. The van der Waals surface area contributed by atoms with Crippen molar-refractivity contribution in [2.75, 3.05) is 19.8 Å². The Morgan fingerprint density at radius 2 is 2.03 bits per heavy atom. The number of nitrogens with one attached hydrogen (secondary N) is 1. The minimum absolute atomic E-state index is 0.0117. The van der Waals surface area contributed by atoms with Gasteiger partial charge in [-0.05, 0) is 44.4 Å². The average Bonchev–Trinajstić information content (AvgIpc) is 3.42. The van der Waals surface area contributed by atoms with Crippen LogP contribution in [0.2, 0.25) is 0 Å². The number of aromatic nitrogens is 4. The van der Waals surface area contributed by atoms with Gasteiger partial charge in [0.2, 0.25) is 0 Å². The molecule has 5 heterocycles. The number of aromatic amines is 1. The maximum atomic E-state index is 13.5. The molecule has 1 amide bonds. The quantitative estimate of drug-likeness (QED) is 0.492. The Morgan fingerprint density at radius 1 is 1.21 bits per heavy atom. The molecule has 1 N–H and O–H groups in total. The molecule has 33 heavy (non-hydrogen) atoms. The molecule has 1 saturated heterocycles. The number of aryl methyl sites for hydroxylation is 2. The first kappa shape index (κ1) is 20.6. The normalized spacial score (nSPS) is 17.1. The van der Waals surface area contributed by atoms with Crippen molar-refractivity contribution in [1.29, 1.82) is 0 Å². The van der Waals surface area contributed by atoms with E-state index in [1.54, 1.807) is 17.5 Å². The second-order valence-corrected chi connectivity index (χ2v) is 10.2. The number of benzene rings is 1. The summed E-state index contributed by atoms with van der Waals surface area (Å²) in [5.74, 6) is 1.13. The van der Waals surface area contributed by atoms with Crippen LogP contribution in [0.3, 0.4) is 0 Å². The highest BCUT2D eigenvalue weighted by molar-refractivity contribution is 7.11. The van der Waals surface area contributed by atoms with Crippen LogP contribution in [0.15, 0.2) is 23.1 Å². The van der Waals surface area contributed by atoms with E-state index in [2.05, 4.69) is 15.0 Å². The van der Waals surface area contributed by atoms with Gasteiger partial charge in [0.15, 0.2) is 0 Å². The summed E-state index contributed by atoms with van der Waals surface area (Å²) in [4.78, 5) is 41.6. The first-order chi connectivity index (χ1) is 16.0. The number of hydrogen-bond acceptors (Lipinski definition) is 6. The SMILES string of the molecule is Cc1nc2c(s1)CN(C(=O)c1cc3[nH]c(=O)c4cnc(C5CCOCC5)n4c3cc1C)CC2. The van der Waals surface area contributed by atoms with Gasteiger partial charge in [-0.1, -0.05) is 0 Å². The standard InChI is InChI=1S/C24H25N5O3S/c1-13-9-19-18(10-16(13)24(31)28-6-3-17-21(12-28)33-14(2)26-17)27-23(30)20-11-25-22(29(19)20)15-4-7-32-8-5-15/h9-11,15H,3-8,12H2,1-2H3,(H,27,30). The number of ether oxygens (including phenoxy) is 1. The molecule has 0 saturated carbocycles. The summed E-state index contributed by atoms with van der Waals surface area (Å²) in [6.45, 7) is 6.61. The Kier molecular flexibility index (Phi) is 4.84. The number of amides is 1. The van der Waals surface area contributed by atoms with E-state index in [1.165, 1.54) is 4.88 Å². The van der Waals surface area contributed by atoms with Gasteiger partial charge in [0.05, 0.1) is 34.5 Å². The Hall–Kier alpha value is -3.04. The van der Waals surface area contributed by atoms with Gasteiger partial charge in [0.1, 0.15) is 11.3 Å². The van der Waals surface area contributed by atoms with E-state index in [9.17, 15) is 9.59 Å². The number of fused-ring (bicyclic) bond motifs is 4. The first-order valence-electron chi connectivity index (χ1n) is 11.4. The van der Waals surface area contributed by atoms with Gasteiger partial charge in [-0.15, -0.1) is 11.3 Å². The Labute approximate surface area is 194 Å². The van der Waals surface area contributed by atoms with E-state index in [1.807, 2.05) is 35.3 Å². The molecule has 0 spiro atoms. The minimum atomic E-state index is -0.196. The van der Waals surface area contributed by atoms with Crippen molar-refractivity contribution in [3.05, 3.63) is 61.2 Å². The van der Waals surface area contributed by atoms with Crippen molar-refractivity contribution < 1.29 is 9.53 Å². The van der Waals surface area contributed by atoms with Crippen molar-refractivity contribution in [3.8, 4) is 0 Å². The van der Waals surface area contributed by atoms with Crippen molar-refractivity contribution in [3.63, 3.8) is 0 Å². The van der Waals surface area contributed by atoms with Gasteiger partial charge in [0, 0.05) is 42.5 Å². The molecular formula is C24H25N5O3S. The zero-order valence-corrected chi connectivity index (χ0v) is 19.5. The third-order valence-electron chi connectivity index (χ3n) is 6.80. The number of hydrogen-bond donors (Lipinski definition) is 1. The van der Waals surface area contributed by atoms with Crippen molar-refractivity contribution in [2.45, 2.75) is 45.6 Å². The molecule has 2 aliphatic heterocycles. The molecule has 170 valence electrons. The lowest BCUT2D eigenvalue weighted by molar-refractivity contribution is 0.0735. The van der Waals surface area contributed by atoms with E-state index >= 15 is 0 Å². The van der Waals surface area contributed by atoms with Crippen LogP contribution in [0.1, 0.15) is 56.1 Å². The molecule has 6 rings (SSSR count). The number of carbonyl (C=O) groups excluding carboxylic acids is 1. The van der Waals surface area contributed by atoms with E-state index in [0.717, 1.165) is 46.9 Å². The second-order valence-electron chi connectivity index (χ2n) is 8.94. The van der Waals surface area contributed by atoms with Crippen LogP contribution in [0.4, 0.5) is 0 Å². The predicted octanol–water partition coefficient (Wildman–Crippen LogP) is 3.34. The van der Waals surface area contributed by atoms with Crippen LogP contribution in [0.25, 0.3) is 16.6 Å². The summed E-state index contributed by atoms with van der Waals surface area (Å²) in [5.41, 5.74) is 4.48. The summed E-state index contributed by atoms with van der Waals surface area (Å²) in [5, 5.41) is 1.04. The van der Waals surface area contributed by atoms with Crippen LogP contribution < -0.4 is 5.56 Å². The molecule has 1 fully saturated rings. The predicted molar refractivity (Wildman–Crippen MR) is 126 cm³/mol. The van der Waals surface area contributed by atoms with Crippen LogP contribution in [0, 0.1) is 13.8 Å². The average molecular weight is 464 g/mol. The number of nitrogens with zero attached hydrogens (tertiary/aromatic N) is 4. The fourth-order valence-corrected chi connectivity index (χ4v) is 6.08. The van der Waals surface area contributed by atoms with Crippen LogP contribution in [-0.4, -0.2) is 49.9 Å². The molecule has 0 radical (unpaired) electrons. The van der Waals surface area contributed by atoms with Gasteiger partial charge in [-0.2, -0.15) is 0 Å². The topological polar surface area (TPSA) is 92.6 Å². The first-order valence-corrected chi connectivity index (χ1v) is 12.2. The maximum absolute atomic E-state index is 13.5. The largest absolute Gasteiger partial charge is 0.381 e. The number of carbonyl (C=O) groups is 1. The van der Waals surface area contributed by atoms with Crippen LogP contribution in [-0.2, 0) is 17.7 Å². The molecule has 9 heteroatoms. The molecular weight excluding hydrogens is 438 g/mol. The van der Waals surface area contributed by atoms with Gasteiger partial charge in [-0.25, -0.2) is 9.97 Å². The van der Waals surface area contributed by atoms with E-state index < -0.39 is 0 Å². The van der Waals surface area contributed by atoms with E-state index in [-0.39, 0.29) is 17.4 Å². The number of rotatable bonds is 2. The zero-order valence-electron chi connectivity index (χ0n) is 18.7. The highest BCUT2D eigenvalue weighted by atomic mass is 32.1. The Balaban J connectivity index is 1.43. The summed E-state index contributed by atoms with van der Waals surface area (Å²) >= 11 is 1.66. The molecule has 2 aliphatic rings. The van der Waals surface area contributed by atoms with Crippen molar-refractivity contribution in [1.82, 2.24) is 24.3 Å². The molecule has 3 aromatic heterocycles. The van der Waals surface area contributed by atoms with E-state index in [0.29, 0.717) is 42.9 Å². The fraction of sp³-hybridized carbons (Fsp3) is 0.417. The smallest absolute Gasteiger partial charge is 0.274 e. The minimum Gasteiger partial charge on any atom is -0.381 e.